The maximum Gasteiger partial charge on any atom is 0.159 e. The lowest BCUT2D eigenvalue weighted by Gasteiger charge is -1.97. The van der Waals surface area contributed by atoms with Gasteiger partial charge in [-0.25, -0.2) is 0 Å². The van der Waals surface area contributed by atoms with Gasteiger partial charge in [-0.2, -0.15) is 0 Å². The average molecular weight is 258 g/mol. The van der Waals surface area contributed by atoms with Crippen LogP contribution in [0, 0.1) is 0 Å². The van der Waals surface area contributed by atoms with Crippen LogP contribution in [0.5, 0.6) is 0 Å². The molecule has 0 radical (unpaired) electrons. The minimum atomic E-state index is 0.0913. The highest BCUT2D eigenvalue weighted by molar-refractivity contribution is 5.93. The van der Waals surface area contributed by atoms with Crippen molar-refractivity contribution < 1.29 is 4.79 Å². The Morgan fingerprint density at radius 2 is 1.79 bits per heavy atom. The van der Waals surface area contributed by atoms with Crippen LogP contribution in [0.15, 0.2) is 60.8 Å². The molecule has 0 saturated heterocycles. The molecule has 1 aromatic rings. The van der Waals surface area contributed by atoms with Gasteiger partial charge in [0.05, 0.1) is 0 Å². The first-order valence-electron chi connectivity index (χ1n) is 5.96. The summed E-state index contributed by atoms with van der Waals surface area (Å²) in [4.78, 5) is 10.8. The fourth-order valence-electron chi connectivity index (χ4n) is 1.16. The van der Waals surface area contributed by atoms with Crippen LogP contribution in [0.1, 0.15) is 29.8 Å². The molecular weight excluding hydrogens is 236 g/mol. The van der Waals surface area contributed by atoms with Crippen molar-refractivity contribution >= 4 is 5.78 Å². The zero-order valence-corrected chi connectivity index (χ0v) is 11.6. The Morgan fingerprint density at radius 3 is 2.05 bits per heavy atom. The van der Waals surface area contributed by atoms with Gasteiger partial charge in [0.2, 0.25) is 0 Å². The quantitative estimate of drug-likeness (QED) is 0.644. The molecule has 0 aliphatic rings. The number of Topliss-reactive ketones (excluding diaryl/α,β-unsaturated/α-hetero) is 1. The van der Waals surface area contributed by atoms with Gasteiger partial charge in [-0.05, 0) is 25.0 Å². The second-order valence-corrected chi connectivity index (χ2v) is 4.07. The van der Waals surface area contributed by atoms with Gasteiger partial charge < -0.3 is 11.5 Å². The van der Waals surface area contributed by atoms with E-state index in [9.17, 15) is 4.79 Å². The largest absolute Gasteiger partial charge is 0.399 e. The zero-order chi connectivity index (χ0) is 14.8. The first-order chi connectivity index (χ1) is 8.92. The predicted molar refractivity (Wildman–Crippen MR) is 81.6 cm³/mol. The summed E-state index contributed by atoms with van der Waals surface area (Å²) in [5.74, 6) is 0.0913. The molecule has 0 saturated carbocycles. The Kier molecular flexibility index (Phi) is 7.89. The van der Waals surface area contributed by atoms with E-state index in [4.69, 9.17) is 11.5 Å². The van der Waals surface area contributed by atoms with E-state index in [1.54, 1.807) is 25.1 Å². The molecule has 0 aromatic heterocycles. The lowest BCUT2D eigenvalue weighted by atomic mass is 10.1. The Hall–Kier alpha value is -2.13. The molecule has 0 bridgehead atoms. The maximum atomic E-state index is 10.8. The summed E-state index contributed by atoms with van der Waals surface area (Å²) in [5.41, 5.74) is 14.1. The van der Waals surface area contributed by atoms with E-state index in [1.807, 2.05) is 25.1 Å². The molecule has 19 heavy (non-hydrogen) atoms. The van der Waals surface area contributed by atoms with Gasteiger partial charge >= 0.3 is 0 Å². The van der Waals surface area contributed by atoms with Crippen molar-refractivity contribution in [3.63, 3.8) is 0 Å². The summed E-state index contributed by atoms with van der Waals surface area (Å²) in [5, 5.41) is 0. The van der Waals surface area contributed by atoms with E-state index >= 15 is 0 Å². The topological polar surface area (TPSA) is 69.1 Å². The summed E-state index contributed by atoms with van der Waals surface area (Å²) in [6.07, 6.45) is 3.51. The van der Waals surface area contributed by atoms with Gasteiger partial charge in [-0.15, -0.1) is 0 Å². The number of hydrogen-bond acceptors (Lipinski definition) is 3. The van der Waals surface area contributed by atoms with Crippen molar-refractivity contribution in [3.05, 3.63) is 72.0 Å². The summed E-state index contributed by atoms with van der Waals surface area (Å²) in [6.45, 7) is 11.0. The molecule has 0 amide bonds. The highest BCUT2D eigenvalue weighted by atomic mass is 16.1. The molecule has 1 rings (SSSR count). The van der Waals surface area contributed by atoms with Gasteiger partial charge in [0.15, 0.2) is 5.78 Å². The standard InChI is InChI=1S/C9H11NO.C7H11N/c1-7(11)9-4-2-8(6-10)3-5-9;1-4-5-6(2)7(3)8/h2-5H,6,10H2,1H3;4-5H,1,3,8H2,2H3/b;6-5-. The third kappa shape index (κ3) is 7.01. The summed E-state index contributed by atoms with van der Waals surface area (Å²) >= 11 is 0. The van der Waals surface area contributed by atoms with E-state index in [2.05, 4.69) is 13.2 Å². The van der Waals surface area contributed by atoms with E-state index in [0.717, 1.165) is 16.7 Å². The van der Waals surface area contributed by atoms with Crippen LogP contribution in [0.3, 0.4) is 0 Å². The number of allylic oxidation sites excluding steroid dienone is 3. The second-order valence-electron chi connectivity index (χ2n) is 4.07. The molecule has 0 heterocycles. The SMILES string of the molecule is C=C/C=C(/C)C(=C)N.CC(=O)c1ccc(CN)cc1. The van der Waals surface area contributed by atoms with Crippen LogP contribution in [-0.2, 0) is 6.54 Å². The third-order valence-corrected chi connectivity index (χ3v) is 2.47. The molecule has 0 aliphatic heterocycles. The Morgan fingerprint density at radius 1 is 1.26 bits per heavy atom. The van der Waals surface area contributed by atoms with E-state index in [-0.39, 0.29) is 5.78 Å². The van der Waals surface area contributed by atoms with Crippen LogP contribution < -0.4 is 11.5 Å². The van der Waals surface area contributed by atoms with E-state index < -0.39 is 0 Å². The van der Waals surface area contributed by atoms with Gasteiger partial charge in [0, 0.05) is 17.8 Å². The Labute approximate surface area is 115 Å². The summed E-state index contributed by atoms with van der Waals surface area (Å²) in [6, 6.07) is 7.34. The molecular formula is C16H22N2O. The first-order valence-corrected chi connectivity index (χ1v) is 5.96. The highest BCUT2D eigenvalue weighted by Crippen LogP contribution is 2.03. The lowest BCUT2D eigenvalue weighted by Crippen LogP contribution is -1.97. The molecule has 0 fully saturated rings. The van der Waals surface area contributed by atoms with Crippen LogP contribution in [0.25, 0.3) is 0 Å². The molecule has 0 unspecified atom stereocenters. The molecule has 1 aromatic carbocycles. The monoisotopic (exact) mass is 258 g/mol. The van der Waals surface area contributed by atoms with E-state index in [1.165, 1.54) is 0 Å². The van der Waals surface area contributed by atoms with Gasteiger partial charge in [0.25, 0.3) is 0 Å². The number of carbonyl (C=O) groups excluding carboxylic acids is 1. The van der Waals surface area contributed by atoms with Gasteiger partial charge in [-0.3, -0.25) is 4.79 Å². The minimum absolute atomic E-state index is 0.0913. The zero-order valence-electron chi connectivity index (χ0n) is 11.6. The number of benzene rings is 1. The normalized spacial score (nSPS) is 10.2. The van der Waals surface area contributed by atoms with Crippen molar-refractivity contribution in [2.24, 2.45) is 11.5 Å². The lowest BCUT2D eigenvalue weighted by molar-refractivity contribution is 0.101. The molecule has 3 nitrogen and oxygen atoms in total. The fourth-order valence-corrected chi connectivity index (χ4v) is 1.16. The molecule has 102 valence electrons. The van der Waals surface area contributed by atoms with Gasteiger partial charge in [0.1, 0.15) is 0 Å². The first kappa shape index (κ1) is 16.9. The second kappa shape index (κ2) is 8.89. The van der Waals surface area contributed by atoms with Crippen molar-refractivity contribution in [1.29, 1.82) is 0 Å². The fraction of sp³-hybridized carbons (Fsp3) is 0.188. The number of rotatable bonds is 4. The Balaban J connectivity index is 0.000000362. The number of nitrogens with two attached hydrogens (primary N) is 2. The molecule has 4 N–H and O–H groups in total. The molecule has 0 atom stereocenters. The minimum Gasteiger partial charge on any atom is -0.399 e. The molecule has 3 heteroatoms. The molecule has 0 spiro atoms. The van der Waals surface area contributed by atoms with E-state index in [0.29, 0.717) is 12.2 Å². The van der Waals surface area contributed by atoms with Gasteiger partial charge in [-0.1, -0.05) is 49.6 Å². The van der Waals surface area contributed by atoms with Crippen molar-refractivity contribution in [3.8, 4) is 0 Å². The number of carbonyl (C=O) groups is 1. The predicted octanol–water partition coefficient (Wildman–Crippen LogP) is 2.94. The van der Waals surface area contributed by atoms with Crippen LogP contribution in [0.4, 0.5) is 0 Å². The Bertz CT molecular complexity index is 470. The van der Waals surface area contributed by atoms with Crippen LogP contribution >= 0.6 is 0 Å². The summed E-state index contributed by atoms with van der Waals surface area (Å²) in [7, 11) is 0. The van der Waals surface area contributed by atoms with Crippen LogP contribution in [-0.4, -0.2) is 5.78 Å². The molecule has 0 aliphatic carbocycles. The number of ketones is 1. The number of hydrogen-bond donors (Lipinski definition) is 2. The van der Waals surface area contributed by atoms with Crippen LogP contribution in [0.2, 0.25) is 0 Å². The maximum absolute atomic E-state index is 10.8. The van der Waals surface area contributed by atoms with Crippen molar-refractivity contribution in [2.45, 2.75) is 20.4 Å². The average Bonchev–Trinajstić information content (AvgIpc) is 2.39. The smallest absolute Gasteiger partial charge is 0.159 e. The highest BCUT2D eigenvalue weighted by Gasteiger charge is 1.96. The van der Waals surface area contributed by atoms with Crippen molar-refractivity contribution in [2.75, 3.05) is 0 Å². The summed E-state index contributed by atoms with van der Waals surface area (Å²) < 4.78 is 0. The van der Waals surface area contributed by atoms with Crippen molar-refractivity contribution in [1.82, 2.24) is 0 Å². The third-order valence-electron chi connectivity index (χ3n) is 2.47.